The van der Waals surface area contributed by atoms with Crippen LogP contribution in [-0.4, -0.2) is 38.1 Å². The third-order valence-corrected chi connectivity index (χ3v) is 6.14. The van der Waals surface area contributed by atoms with Gasteiger partial charge in [0.2, 0.25) is 0 Å². The summed E-state index contributed by atoms with van der Waals surface area (Å²) in [6.07, 6.45) is 0.868. The summed E-state index contributed by atoms with van der Waals surface area (Å²) < 4.78 is 0. The summed E-state index contributed by atoms with van der Waals surface area (Å²) in [5, 5.41) is 7.57. The van der Waals surface area contributed by atoms with Crippen molar-refractivity contribution in [2.24, 2.45) is 0 Å². The Labute approximate surface area is 173 Å². The van der Waals surface area contributed by atoms with Gasteiger partial charge in [0.15, 0.2) is 0 Å². The number of para-hydroxylation sites is 2. The Morgan fingerprint density at radius 1 is 0.759 bits per heavy atom. The van der Waals surface area contributed by atoms with Crippen molar-refractivity contribution < 1.29 is 0 Å². The van der Waals surface area contributed by atoms with Crippen molar-refractivity contribution in [2.45, 2.75) is 12.1 Å². The molecule has 29 heavy (non-hydrogen) atoms. The summed E-state index contributed by atoms with van der Waals surface area (Å²) >= 11 is 0. The van der Waals surface area contributed by atoms with Gasteiger partial charge in [-0.3, -0.25) is 0 Å². The molecule has 0 radical (unpaired) electrons. The summed E-state index contributed by atoms with van der Waals surface area (Å²) in [4.78, 5) is 4.90. The normalized spacial score (nSPS) is 18.0. The van der Waals surface area contributed by atoms with E-state index in [1.807, 2.05) is 0 Å². The highest BCUT2D eigenvalue weighted by Crippen LogP contribution is 2.41. The molecule has 2 aliphatic rings. The lowest BCUT2D eigenvalue weighted by Gasteiger charge is -2.35. The molecule has 0 aliphatic carbocycles. The van der Waals surface area contributed by atoms with Crippen LogP contribution >= 0.6 is 0 Å². The van der Waals surface area contributed by atoms with E-state index in [4.69, 9.17) is 0 Å². The zero-order valence-electron chi connectivity index (χ0n) is 16.9. The molecule has 0 amide bonds. The summed E-state index contributed by atoms with van der Waals surface area (Å²) in [6, 6.07) is 28.2. The van der Waals surface area contributed by atoms with E-state index in [0.717, 1.165) is 44.0 Å². The van der Waals surface area contributed by atoms with Crippen LogP contribution < -0.4 is 15.5 Å². The van der Waals surface area contributed by atoms with Crippen LogP contribution in [0.4, 0.5) is 17.1 Å². The molecule has 2 N–H and O–H groups in total. The third kappa shape index (κ3) is 3.56. The van der Waals surface area contributed by atoms with Crippen molar-refractivity contribution in [3.8, 4) is 0 Å². The Kier molecular flexibility index (Phi) is 4.64. The highest BCUT2D eigenvalue weighted by molar-refractivity contribution is 5.77. The van der Waals surface area contributed by atoms with Crippen molar-refractivity contribution >= 4 is 17.1 Å². The molecule has 0 atom stereocenters. The third-order valence-electron chi connectivity index (χ3n) is 6.14. The van der Waals surface area contributed by atoms with E-state index in [1.54, 1.807) is 0 Å². The first kappa shape index (κ1) is 18.1. The predicted octanol–water partition coefficient (Wildman–Crippen LogP) is 4.37. The monoisotopic (exact) mass is 384 g/mol. The van der Waals surface area contributed by atoms with Crippen molar-refractivity contribution in [1.82, 2.24) is 4.90 Å². The van der Waals surface area contributed by atoms with E-state index in [1.165, 1.54) is 16.8 Å². The van der Waals surface area contributed by atoms with Gasteiger partial charge in [-0.25, -0.2) is 0 Å². The van der Waals surface area contributed by atoms with E-state index in [-0.39, 0.29) is 5.66 Å². The van der Waals surface area contributed by atoms with Crippen LogP contribution in [0.2, 0.25) is 0 Å². The van der Waals surface area contributed by atoms with Crippen LogP contribution in [0, 0.1) is 0 Å². The lowest BCUT2D eigenvalue weighted by molar-refractivity contribution is 0.313. The van der Waals surface area contributed by atoms with Crippen LogP contribution in [0.15, 0.2) is 78.9 Å². The molecule has 5 rings (SSSR count). The number of benzene rings is 3. The highest BCUT2D eigenvalue weighted by atomic mass is 15.3. The molecule has 0 bridgehead atoms. The molecule has 0 unspecified atom stereocenters. The summed E-state index contributed by atoms with van der Waals surface area (Å²) in [6.45, 7) is 4.42. The molecule has 1 fully saturated rings. The van der Waals surface area contributed by atoms with Crippen LogP contribution in [-0.2, 0) is 12.1 Å². The standard InChI is InChI=1S/C25H28N4/c1-28-14-16-29(17-15-28)22-11-7-8-20(18-22)19-25(21-9-3-2-4-10-21)26-23-12-5-6-13-24(23)27-25/h2-13,18,26-27H,14-17,19H2,1H3. The van der Waals surface area contributed by atoms with Gasteiger partial charge in [-0.1, -0.05) is 54.6 Å². The van der Waals surface area contributed by atoms with Gasteiger partial charge in [0.25, 0.3) is 0 Å². The number of fused-ring (bicyclic) bond motifs is 1. The molecule has 4 nitrogen and oxygen atoms in total. The van der Waals surface area contributed by atoms with Gasteiger partial charge in [-0.05, 0) is 42.4 Å². The minimum absolute atomic E-state index is 0.342. The fourth-order valence-corrected chi connectivity index (χ4v) is 4.48. The second-order valence-corrected chi connectivity index (χ2v) is 8.20. The molecule has 0 saturated carbocycles. The predicted molar refractivity (Wildman–Crippen MR) is 122 cm³/mol. The number of hydrogen-bond donors (Lipinski definition) is 2. The number of rotatable bonds is 4. The fourth-order valence-electron chi connectivity index (χ4n) is 4.48. The largest absolute Gasteiger partial charge is 0.369 e. The van der Waals surface area contributed by atoms with Gasteiger partial charge in [0.1, 0.15) is 5.66 Å². The molecule has 0 aromatic heterocycles. The van der Waals surface area contributed by atoms with Gasteiger partial charge in [-0.15, -0.1) is 0 Å². The van der Waals surface area contributed by atoms with E-state index in [0.29, 0.717) is 0 Å². The average Bonchev–Trinajstić information content (AvgIpc) is 3.14. The number of likely N-dealkylation sites (N-methyl/N-ethyl adjacent to an activating group) is 1. The summed E-state index contributed by atoms with van der Waals surface area (Å²) in [5.74, 6) is 0. The number of nitrogens with zero attached hydrogens (tertiary/aromatic N) is 2. The Morgan fingerprint density at radius 2 is 1.41 bits per heavy atom. The average molecular weight is 385 g/mol. The lowest BCUT2D eigenvalue weighted by Crippen LogP contribution is -2.44. The Morgan fingerprint density at radius 3 is 2.10 bits per heavy atom. The van der Waals surface area contributed by atoms with Gasteiger partial charge in [-0.2, -0.15) is 0 Å². The number of piperazine rings is 1. The molecule has 3 aromatic carbocycles. The second kappa shape index (κ2) is 7.45. The first-order valence-corrected chi connectivity index (χ1v) is 10.5. The van der Waals surface area contributed by atoms with Gasteiger partial charge >= 0.3 is 0 Å². The minimum Gasteiger partial charge on any atom is -0.369 e. The second-order valence-electron chi connectivity index (χ2n) is 8.20. The maximum absolute atomic E-state index is 3.79. The fraction of sp³-hybridized carbons (Fsp3) is 0.280. The van der Waals surface area contributed by atoms with Crippen LogP contribution in [0.1, 0.15) is 11.1 Å². The first-order chi connectivity index (χ1) is 14.2. The molecule has 148 valence electrons. The van der Waals surface area contributed by atoms with Crippen LogP contribution in [0.5, 0.6) is 0 Å². The Bertz CT molecular complexity index is 952. The van der Waals surface area contributed by atoms with E-state index in [2.05, 4.69) is 106 Å². The molecule has 4 heteroatoms. The molecule has 2 aliphatic heterocycles. The molecular weight excluding hydrogens is 356 g/mol. The lowest BCUT2D eigenvalue weighted by atomic mass is 9.92. The zero-order valence-corrected chi connectivity index (χ0v) is 16.9. The van der Waals surface area contributed by atoms with Crippen molar-refractivity contribution in [3.63, 3.8) is 0 Å². The van der Waals surface area contributed by atoms with E-state index >= 15 is 0 Å². The quantitative estimate of drug-likeness (QED) is 0.699. The Hall–Kier alpha value is -2.98. The van der Waals surface area contributed by atoms with Crippen LogP contribution in [0.3, 0.4) is 0 Å². The van der Waals surface area contributed by atoms with E-state index in [9.17, 15) is 0 Å². The molecule has 1 saturated heterocycles. The van der Waals surface area contributed by atoms with Gasteiger partial charge < -0.3 is 20.4 Å². The summed E-state index contributed by atoms with van der Waals surface area (Å²) in [5.41, 5.74) is 5.89. The maximum Gasteiger partial charge on any atom is 0.138 e. The van der Waals surface area contributed by atoms with Crippen LogP contribution in [0.25, 0.3) is 0 Å². The van der Waals surface area contributed by atoms with Gasteiger partial charge in [0.05, 0.1) is 11.4 Å². The maximum atomic E-state index is 3.79. The molecular formula is C25H28N4. The topological polar surface area (TPSA) is 30.5 Å². The number of hydrogen-bond acceptors (Lipinski definition) is 4. The summed E-state index contributed by atoms with van der Waals surface area (Å²) in [7, 11) is 2.20. The number of anilines is 3. The number of nitrogens with one attached hydrogen (secondary N) is 2. The highest BCUT2D eigenvalue weighted by Gasteiger charge is 2.38. The SMILES string of the molecule is CN1CCN(c2cccc(CC3(c4ccccc4)Nc4ccccc4N3)c2)CC1. The van der Waals surface area contributed by atoms with E-state index < -0.39 is 0 Å². The van der Waals surface area contributed by atoms with Crippen molar-refractivity contribution in [3.05, 3.63) is 90.0 Å². The minimum atomic E-state index is -0.342. The smallest absolute Gasteiger partial charge is 0.138 e. The first-order valence-electron chi connectivity index (χ1n) is 10.5. The molecule has 0 spiro atoms. The molecule has 2 heterocycles. The Balaban J connectivity index is 1.46. The van der Waals surface area contributed by atoms with Crippen molar-refractivity contribution in [2.75, 3.05) is 48.8 Å². The van der Waals surface area contributed by atoms with Gasteiger partial charge in [0, 0.05) is 38.3 Å². The zero-order chi connectivity index (χ0) is 19.7. The van der Waals surface area contributed by atoms with Crippen molar-refractivity contribution in [1.29, 1.82) is 0 Å². The molecule has 3 aromatic rings.